The van der Waals surface area contributed by atoms with Crippen LogP contribution in [0.25, 0.3) is 0 Å². The summed E-state index contributed by atoms with van der Waals surface area (Å²) in [5, 5.41) is 11.5. The second kappa shape index (κ2) is 6.38. The summed E-state index contributed by atoms with van der Waals surface area (Å²) in [5.41, 5.74) is -1.23. The Bertz CT molecular complexity index is 882. The molecule has 0 saturated carbocycles. The zero-order chi connectivity index (χ0) is 20.1. The van der Waals surface area contributed by atoms with Gasteiger partial charge in [-0.1, -0.05) is 0 Å². The van der Waals surface area contributed by atoms with Crippen molar-refractivity contribution in [3.05, 3.63) is 34.2 Å². The topological polar surface area (TPSA) is 118 Å². The Hall–Kier alpha value is -2.33. The third-order valence-corrected chi connectivity index (χ3v) is 6.49. The number of hydrogen-bond donors (Lipinski definition) is 2. The molecule has 2 N–H and O–H groups in total. The van der Waals surface area contributed by atoms with Crippen LogP contribution in [-0.4, -0.2) is 61.4 Å². The van der Waals surface area contributed by atoms with Crippen LogP contribution >= 0.6 is 11.8 Å². The van der Waals surface area contributed by atoms with Crippen molar-refractivity contribution in [2.75, 3.05) is 7.11 Å². The molecule has 0 radical (unpaired) electrons. The van der Waals surface area contributed by atoms with Crippen molar-refractivity contribution in [1.29, 1.82) is 0 Å². The van der Waals surface area contributed by atoms with Gasteiger partial charge in [0.2, 0.25) is 5.91 Å². The molecule has 1 aromatic rings. The SMILES string of the molecule is CO[C@]1(NC(=O)Cn2ccc(=O)c(C)c2)C(=O)N2[C@@H](C(=O)O)C(C)(C)S[C@@H]21. The van der Waals surface area contributed by atoms with Crippen molar-refractivity contribution in [2.45, 2.75) is 49.2 Å². The largest absolute Gasteiger partial charge is 0.480 e. The Kier molecular flexibility index (Phi) is 4.59. The van der Waals surface area contributed by atoms with E-state index in [1.54, 1.807) is 27.0 Å². The summed E-state index contributed by atoms with van der Waals surface area (Å²) >= 11 is 1.28. The fraction of sp³-hybridized carbons (Fsp3) is 0.529. The van der Waals surface area contributed by atoms with Gasteiger partial charge < -0.3 is 24.6 Å². The van der Waals surface area contributed by atoms with Gasteiger partial charge in [0.05, 0.1) is 0 Å². The van der Waals surface area contributed by atoms with Crippen molar-refractivity contribution in [2.24, 2.45) is 0 Å². The predicted molar refractivity (Wildman–Crippen MR) is 97.0 cm³/mol. The number of pyridine rings is 1. The zero-order valence-corrected chi connectivity index (χ0v) is 16.2. The van der Waals surface area contributed by atoms with E-state index in [-0.39, 0.29) is 12.0 Å². The Balaban J connectivity index is 1.80. The fourth-order valence-electron chi connectivity index (χ4n) is 3.54. The first-order valence-corrected chi connectivity index (χ1v) is 9.17. The highest BCUT2D eigenvalue weighted by molar-refractivity contribution is 8.01. The number of methoxy groups -OCH3 is 1. The Morgan fingerprint density at radius 1 is 1.37 bits per heavy atom. The molecule has 9 nitrogen and oxygen atoms in total. The highest BCUT2D eigenvalue weighted by atomic mass is 32.2. The molecule has 1 aromatic heterocycles. The first-order chi connectivity index (χ1) is 12.5. The summed E-state index contributed by atoms with van der Waals surface area (Å²) in [6.45, 7) is 5.02. The number of β-lactam (4-membered cyclic amide) rings is 1. The summed E-state index contributed by atoms with van der Waals surface area (Å²) in [6, 6.07) is 0.361. The third-order valence-electron chi connectivity index (χ3n) is 4.88. The second-order valence-corrected chi connectivity index (χ2v) is 8.91. The first kappa shape index (κ1) is 19.4. The number of amides is 2. The number of carbonyl (C=O) groups excluding carboxylic acids is 2. The van der Waals surface area contributed by atoms with Crippen molar-refractivity contribution in [3.8, 4) is 0 Å². The van der Waals surface area contributed by atoms with Gasteiger partial charge >= 0.3 is 5.97 Å². The molecule has 27 heavy (non-hydrogen) atoms. The third kappa shape index (κ3) is 2.92. The number of aliphatic carboxylic acids is 1. The maximum Gasteiger partial charge on any atom is 0.327 e. The second-order valence-electron chi connectivity index (χ2n) is 7.18. The van der Waals surface area contributed by atoms with Gasteiger partial charge in [0.15, 0.2) is 5.43 Å². The van der Waals surface area contributed by atoms with Gasteiger partial charge in [-0.3, -0.25) is 14.4 Å². The van der Waals surface area contributed by atoms with Crippen molar-refractivity contribution < 1.29 is 24.2 Å². The van der Waals surface area contributed by atoms with E-state index in [2.05, 4.69) is 5.32 Å². The molecule has 2 aliphatic heterocycles. The molecule has 0 bridgehead atoms. The van der Waals surface area contributed by atoms with Crippen LogP contribution in [0.15, 0.2) is 23.3 Å². The predicted octanol–water partition coefficient (Wildman–Crippen LogP) is -0.237. The summed E-state index contributed by atoms with van der Waals surface area (Å²) < 4.78 is 6.18. The molecule has 2 fully saturated rings. The van der Waals surface area contributed by atoms with Crippen LogP contribution in [0.3, 0.4) is 0 Å². The highest BCUT2D eigenvalue weighted by Crippen LogP contribution is 2.55. The van der Waals surface area contributed by atoms with E-state index < -0.39 is 39.7 Å². The van der Waals surface area contributed by atoms with Gasteiger partial charge in [-0.25, -0.2) is 4.79 Å². The minimum Gasteiger partial charge on any atom is -0.480 e. The van der Waals surface area contributed by atoms with Crippen molar-refractivity contribution in [1.82, 2.24) is 14.8 Å². The molecule has 0 spiro atoms. The average Bonchev–Trinajstić information content (AvgIpc) is 2.85. The molecule has 2 aliphatic rings. The number of hydrogen-bond acceptors (Lipinski definition) is 6. The quantitative estimate of drug-likeness (QED) is 0.522. The number of carbonyl (C=O) groups is 3. The van der Waals surface area contributed by atoms with Gasteiger partial charge in [-0.05, 0) is 20.8 Å². The lowest BCUT2D eigenvalue weighted by Gasteiger charge is -2.51. The Labute approximate surface area is 159 Å². The minimum atomic E-state index is -1.60. The van der Waals surface area contributed by atoms with Crippen molar-refractivity contribution >= 4 is 29.5 Å². The van der Waals surface area contributed by atoms with Gasteiger partial charge in [0, 0.05) is 35.9 Å². The molecule has 3 atom stereocenters. The summed E-state index contributed by atoms with van der Waals surface area (Å²) in [6.07, 6.45) is 3.03. The van der Waals surface area contributed by atoms with E-state index in [0.29, 0.717) is 5.56 Å². The van der Waals surface area contributed by atoms with Crippen LogP contribution < -0.4 is 10.7 Å². The average molecular weight is 395 g/mol. The van der Waals surface area contributed by atoms with E-state index in [1.165, 1.54) is 40.6 Å². The molecule has 2 saturated heterocycles. The molecule has 10 heteroatoms. The number of nitrogens with one attached hydrogen (secondary N) is 1. The van der Waals surface area contributed by atoms with Crippen LogP contribution in [0.5, 0.6) is 0 Å². The summed E-state index contributed by atoms with van der Waals surface area (Å²) in [4.78, 5) is 49.6. The van der Waals surface area contributed by atoms with Gasteiger partial charge in [-0.15, -0.1) is 11.8 Å². The number of nitrogens with zero attached hydrogens (tertiary/aromatic N) is 2. The highest BCUT2D eigenvalue weighted by Gasteiger charge is 2.73. The van der Waals surface area contributed by atoms with E-state index in [1.807, 2.05) is 0 Å². The maximum absolute atomic E-state index is 12.7. The zero-order valence-electron chi connectivity index (χ0n) is 15.4. The number of thioether (sulfide) groups is 1. The van der Waals surface area contributed by atoms with E-state index in [0.717, 1.165) is 0 Å². The molecule has 2 amide bonds. The Morgan fingerprint density at radius 2 is 2.04 bits per heavy atom. The smallest absolute Gasteiger partial charge is 0.327 e. The molecule has 0 aliphatic carbocycles. The lowest BCUT2D eigenvalue weighted by atomic mass is 9.93. The van der Waals surface area contributed by atoms with E-state index >= 15 is 0 Å². The maximum atomic E-state index is 12.7. The minimum absolute atomic E-state index is 0.108. The van der Waals surface area contributed by atoms with Crippen molar-refractivity contribution in [3.63, 3.8) is 0 Å². The Morgan fingerprint density at radius 3 is 2.59 bits per heavy atom. The van der Waals surface area contributed by atoms with Gasteiger partial charge in [0.1, 0.15) is 18.0 Å². The normalized spacial score (nSPS) is 28.4. The van der Waals surface area contributed by atoms with Gasteiger partial charge in [-0.2, -0.15) is 0 Å². The number of aromatic nitrogens is 1. The number of aryl methyl sites for hydroxylation is 1. The van der Waals surface area contributed by atoms with Crippen LogP contribution in [0.2, 0.25) is 0 Å². The van der Waals surface area contributed by atoms with Crippen LogP contribution in [0.1, 0.15) is 19.4 Å². The number of fused-ring (bicyclic) bond motifs is 1. The lowest BCUT2D eigenvalue weighted by molar-refractivity contribution is -0.201. The first-order valence-electron chi connectivity index (χ1n) is 8.30. The molecule has 3 heterocycles. The molecular weight excluding hydrogens is 374 g/mol. The molecular formula is C17H21N3O6S. The van der Waals surface area contributed by atoms with Gasteiger partial charge in [0.25, 0.3) is 11.6 Å². The summed E-state index contributed by atoms with van der Waals surface area (Å²) in [5.74, 6) is -2.15. The monoisotopic (exact) mass is 395 g/mol. The summed E-state index contributed by atoms with van der Waals surface area (Å²) in [7, 11) is 1.31. The fourth-order valence-corrected chi connectivity index (χ4v) is 5.22. The molecule has 0 aromatic carbocycles. The number of ether oxygens (including phenoxy) is 1. The number of rotatable bonds is 5. The molecule has 0 unspecified atom stereocenters. The van der Waals surface area contributed by atoms with E-state index in [9.17, 15) is 24.3 Å². The standard InChI is InChI=1S/C17H21N3O6S/c1-9-7-19(6-5-10(9)21)8-11(22)18-17(26-4)14(25)20-12(13(23)24)16(2,3)27-15(17)20/h5-7,12,15H,8H2,1-4H3,(H,18,22)(H,23,24)/t12-,15+,17+/m0/s1. The molecule has 3 rings (SSSR count). The number of carboxylic acid groups (broad SMARTS) is 1. The molecule has 146 valence electrons. The van der Waals surface area contributed by atoms with E-state index in [4.69, 9.17) is 4.74 Å². The lowest BCUT2D eigenvalue weighted by Crippen LogP contribution is -2.80. The van der Waals surface area contributed by atoms with Crippen LogP contribution in [-0.2, 0) is 25.7 Å². The van der Waals surface area contributed by atoms with Crippen LogP contribution in [0, 0.1) is 6.92 Å². The number of carboxylic acids is 1. The van der Waals surface area contributed by atoms with Crippen LogP contribution in [0.4, 0.5) is 0 Å².